The standard InChI is InChI=1S/C11H14NO2/c1-12(11(13)14-2)9-8-10-6-4-3-5-7-10/h3-7H,2,8-9H2,1H3. The number of hydrogen-bond acceptors (Lipinski definition) is 2. The summed E-state index contributed by atoms with van der Waals surface area (Å²) in [4.78, 5) is 12.5. The quantitative estimate of drug-likeness (QED) is 0.733. The molecule has 0 fully saturated rings. The molecule has 0 bridgehead atoms. The van der Waals surface area contributed by atoms with Crippen LogP contribution in [0, 0.1) is 7.11 Å². The summed E-state index contributed by atoms with van der Waals surface area (Å²) in [5, 5.41) is 0. The molecule has 0 aromatic heterocycles. The molecule has 0 aliphatic rings. The van der Waals surface area contributed by atoms with Crippen molar-refractivity contribution in [2.24, 2.45) is 0 Å². The van der Waals surface area contributed by atoms with Crippen molar-refractivity contribution in [3.63, 3.8) is 0 Å². The molecular weight excluding hydrogens is 178 g/mol. The number of hydrogen-bond donors (Lipinski definition) is 0. The predicted octanol–water partition coefficient (Wildman–Crippen LogP) is 2.09. The van der Waals surface area contributed by atoms with Gasteiger partial charge in [-0.3, -0.25) is 0 Å². The van der Waals surface area contributed by atoms with Crippen LogP contribution in [0.1, 0.15) is 5.56 Å². The first-order chi connectivity index (χ1) is 6.74. The predicted molar refractivity (Wildman–Crippen MR) is 54.6 cm³/mol. The van der Waals surface area contributed by atoms with E-state index in [0.29, 0.717) is 6.54 Å². The van der Waals surface area contributed by atoms with Gasteiger partial charge in [-0.15, -0.1) is 0 Å². The molecule has 1 rings (SSSR count). The van der Waals surface area contributed by atoms with Crippen molar-refractivity contribution in [3.8, 4) is 0 Å². The van der Waals surface area contributed by atoms with Gasteiger partial charge < -0.3 is 9.64 Å². The zero-order valence-electron chi connectivity index (χ0n) is 8.27. The summed E-state index contributed by atoms with van der Waals surface area (Å²) in [5.74, 6) is 0. The maximum Gasteiger partial charge on any atom is 0.409 e. The fraction of sp³-hybridized carbons (Fsp3) is 0.273. The normalized spacial score (nSPS) is 9.57. The summed E-state index contributed by atoms with van der Waals surface area (Å²) in [6.07, 6.45) is 0.424. The number of nitrogens with zero attached hydrogens (tertiary/aromatic N) is 1. The number of carbonyl (C=O) groups excluding carboxylic acids is 1. The molecule has 1 aromatic rings. The first-order valence-electron chi connectivity index (χ1n) is 4.45. The SMILES string of the molecule is [CH2]OC(=O)N(C)CCc1ccccc1. The Morgan fingerprint density at radius 2 is 2.07 bits per heavy atom. The minimum absolute atomic E-state index is 0.402. The number of ether oxygens (including phenoxy) is 1. The van der Waals surface area contributed by atoms with E-state index in [1.807, 2.05) is 30.3 Å². The molecule has 0 aliphatic heterocycles. The van der Waals surface area contributed by atoms with Gasteiger partial charge in [0.2, 0.25) is 0 Å². The van der Waals surface area contributed by atoms with Crippen LogP contribution in [0.2, 0.25) is 0 Å². The van der Waals surface area contributed by atoms with Crippen molar-refractivity contribution in [3.05, 3.63) is 43.0 Å². The molecule has 0 saturated carbocycles. The van der Waals surface area contributed by atoms with Crippen molar-refractivity contribution in [1.29, 1.82) is 0 Å². The van der Waals surface area contributed by atoms with E-state index in [1.54, 1.807) is 7.05 Å². The third kappa shape index (κ3) is 3.09. The molecule has 14 heavy (non-hydrogen) atoms. The van der Waals surface area contributed by atoms with Crippen molar-refractivity contribution in [1.82, 2.24) is 4.90 Å². The Kier molecular flexibility index (Phi) is 3.98. The smallest absolute Gasteiger partial charge is 0.409 e. The number of amides is 1. The maximum atomic E-state index is 11.0. The Bertz CT molecular complexity index is 285. The second kappa shape index (κ2) is 5.27. The monoisotopic (exact) mass is 192 g/mol. The van der Waals surface area contributed by atoms with Gasteiger partial charge in [-0.05, 0) is 12.0 Å². The molecule has 1 amide bonds. The van der Waals surface area contributed by atoms with E-state index in [4.69, 9.17) is 0 Å². The third-order valence-corrected chi connectivity index (χ3v) is 2.01. The molecule has 0 heterocycles. The van der Waals surface area contributed by atoms with Crippen LogP contribution in [0.4, 0.5) is 4.79 Å². The van der Waals surface area contributed by atoms with Gasteiger partial charge >= 0.3 is 6.09 Å². The van der Waals surface area contributed by atoms with E-state index >= 15 is 0 Å². The van der Waals surface area contributed by atoms with Gasteiger partial charge in [0.15, 0.2) is 0 Å². The van der Waals surface area contributed by atoms with E-state index in [9.17, 15) is 4.79 Å². The molecule has 1 radical (unpaired) electrons. The topological polar surface area (TPSA) is 29.5 Å². The lowest BCUT2D eigenvalue weighted by Crippen LogP contribution is -2.28. The summed E-state index contributed by atoms with van der Waals surface area (Å²) in [5.41, 5.74) is 1.20. The average molecular weight is 192 g/mol. The molecule has 1 aromatic carbocycles. The summed E-state index contributed by atoms with van der Waals surface area (Å²) in [7, 11) is 4.76. The molecule has 0 aliphatic carbocycles. The Morgan fingerprint density at radius 1 is 1.43 bits per heavy atom. The molecule has 3 heteroatoms. The number of likely N-dealkylation sites (N-methyl/N-ethyl adjacent to an activating group) is 1. The van der Waals surface area contributed by atoms with Crippen LogP contribution in [0.15, 0.2) is 30.3 Å². The Balaban J connectivity index is 2.38. The van der Waals surface area contributed by atoms with Crippen LogP contribution in [-0.4, -0.2) is 24.6 Å². The molecule has 0 N–H and O–H groups in total. The number of carbonyl (C=O) groups is 1. The highest BCUT2D eigenvalue weighted by Gasteiger charge is 2.06. The van der Waals surface area contributed by atoms with Crippen molar-refractivity contribution in [2.45, 2.75) is 6.42 Å². The minimum Gasteiger partial charge on any atom is -0.446 e. The van der Waals surface area contributed by atoms with E-state index in [-0.39, 0.29) is 0 Å². The molecule has 0 spiro atoms. The third-order valence-electron chi connectivity index (χ3n) is 2.01. The van der Waals surface area contributed by atoms with E-state index in [0.717, 1.165) is 6.42 Å². The fourth-order valence-corrected chi connectivity index (χ4v) is 1.14. The lowest BCUT2D eigenvalue weighted by Gasteiger charge is -2.14. The summed E-state index contributed by atoms with van der Waals surface area (Å²) in [6, 6.07) is 9.99. The first kappa shape index (κ1) is 10.6. The number of rotatable bonds is 3. The maximum absolute atomic E-state index is 11.0. The van der Waals surface area contributed by atoms with Crippen molar-refractivity contribution < 1.29 is 9.53 Å². The second-order valence-corrected chi connectivity index (χ2v) is 3.07. The highest BCUT2D eigenvalue weighted by molar-refractivity contribution is 5.67. The van der Waals surface area contributed by atoms with Gasteiger partial charge in [-0.1, -0.05) is 30.3 Å². The van der Waals surface area contributed by atoms with Gasteiger partial charge in [0, 0.05) is 13.6 Å². The van der Waals surface area contributed by atoms with Gasteiger partial charge in [0.1, 0.15) is 7.11 Å². The van der Waals surface area contributed by atoms with Crippen LogP contribution >= 0.6 is 0 Å². The molecular formula is C11H14NO2. The highest BCUT2D eigenvalue weighted by Crippen LogP contribution is 2.01. The average Bonchev–Trinajstić information content (AvgIpc) is 2.26. The largest absolute Gasteiger partial charge is 0.446 e. The first-order valence-corrected chi connectivity index (χ1v) is 4.45. The van der Waals surface area contributed by atoms with E-state index in [2.05, 4.69) is 11.8 Å². The highest BCUT2D eigenvalue weighted by atomic mass is 16.5. The number of benzene rings is 1. The molecule has 75 valence electrons. The van der Waals surface area contributed by atoms with E-state index < -0.39 is 6.09 Å². The fourth-order valence-electron chi connectivity index (χ4n) is 1.14. The summed E-state index contributed by atoms with van der Waals surface area (Å²) in [6.45, 7) is 0.637. The van der Waals surface area contributed by atoms with Crippen molar-refractivity contribution >= 4 is 6.09 Å². The van der Waals surface area contributed by atoms with E-state index in [1.165, 1.54) is 10.5 Å². The summed E-state index contributed by atoms with van der Waals surface area (Å²) >= 11 is 0. The Hall–Kier alpha value is -1.51. The molecule has 0 saturated heterocycles. The second-order valence-electron chi connectivity index (χ2n) is 3.07. The van der Waals surface area contributed by atoms with Crippen LogP contribution in [0.3, 0.4) is 0 Å². The minimum atomic E-state index is -0.402. The van der Waals surface area contributed by atoms with Crippen LogP contribution in [-0.2, 0) is 11.2 Å². The molecule has 3 nitrogen and oxygen atoms in total. The van der Waals surface area contributed by atoms with Crippen LogP contribution in [0.5, 0.6) is 0 Å². The molecule has 0 unspecified atom stereocenters. The molecule has 0 atom stereocenters. The Labute approximate surface area is 84.3 Å². The zero-order chi connectivity index (χ0) is 10.4. The van der Waals surface area contributed by atoms with Gasteiger partial charge in [0.25, 0.3) is 0 Å². The van der Waals surface area contributed by atoms with Gasteiger partial charge in [-0.2, -0.15) is 0 Å². The zero-order valence-corrected chi connectivity index (χ0v) is 8.27. The van der Waals surface area contributed by atoms with Crippen LogP contribution < -0.4 is 0 Å². The lowest BCUT2D eigenvalue weighted by atomic mass is 10.1. The van der Waals surface area contributed by atoms with Gasteiger partial charge in [-0.25, -0.2) is 4.79 Å². The van der Waals surface area contributed by atoms with Gasteiger partial charge in [0.05, 0.1) is 0 Å². The Morgan fingerprint density at radius 3 is 2.64 bits per heavy atom. The van der Waals surface area contributed by atoms with Crippen LogP contribution in [0.25, 0.3) is 0 Å². The summed E-state index contributed by atoms with van der Waals surface area (Å²) < 4.78 is 4.34. The van der Waals surface area contributed by atoms with Crippen molar-refractivity contribution in [2.75, 3.05) is 13.6 Å². The lowest BCUT2D eigenvalue weighted by molar-refractivity contribution is 0.146.